The van der Waals surface area contributed by atoms with Crippen molar-refractivity contribution in [2.24, 2.45) is 33.9 Å². The van der Waals surface area contributed by atoms with E-state index in [1.807, 2.05) is 30.3 Å². The van der Waals surface area contributed by atoms with Crippen molar-refractivity contribution in [3.63, 3.8) is 0 Å². The van der Waals surface area contributed by atoms with Crippen molar-refractivity contribution in [3.05, 3.63) is 53.9 Å². The van der Waals surface area contributed by atoms with Crippen LogP contribution in [0.1, 0.15) is 6.42 Å². The molecule has 1 saturated carbocycles. The third-order valence-electron chi connectivity index (χ3n) is 4.58. The number of carbonyl (C=O) groups excluding carboxylic acids is 1. The molecule has 2 bridgehead atoms. The fraction of sp³-hybridized carbons (Fsp3) is 0.312. The molecule has 20 heavy (non-hydrogen) atoms. The van der Waals surface area contributed by atoms with Crippen molar-refractivity contribution in [2.45, 2.75) is 6.42 Å². The van der Waals surface area contributed by atoms with Gasteiger partial charge >= 0.3 is 0 Å². The Morgan fingerprint density at radius 2 is 1.70 bits per heavy atom. The van der Waals surface area contributed by atoms with Crippen LogP contribution < -0.4 is 0 Å². The zero-order chi connectivity index (χ0) is 13.7. The number of aliphatic hydroxyl groups excluding tert-OH is 1. The first-order chi connectivity index (χ1) is 9.75. The fourth-order valence-corrected chi connectivity index (χ4v) is 3.70. The second kappa shape index (κ2) is 4.13. The number of fused-ring (bicyclic) bond motifs is 5. The molecule has 100 valence electrons. The number of aliphatic hydroxyl groups is 1. The Bertz CT molecular complexity index is 660. The normalized spacial score (nSPS) is 34.5. The molecule has 0 heterocycles. The van der Waals surface area contributed by atoms with Crippen LogP contribution in [0.4, 0.5) is 5.69 Å². The molecule has 4 heteroatoms. The van der Waals surface area contributed by atoms with Gasteiger partial charge in [-0.2, -0.15) is 5.11 Å². The van der Waals surface area contributed by atoms with E-state index < -0.39 is 0 Å². The molecule has 1 fully saturated rings. The number of hydrogen-bond donors (Lipinski definition) is 1. The maximum Gasteiger partial charge on any atom is 0.190 e. The summed E-state index contributed by atoms with van der Waals surface area (Å²) in [6.45, 7) is 0. The number of nitrogens with zero attached hydrogens (tertiary/aromatic N) is 2. The van der Waals surface area contributed by atoms with Gasteiger partial charge in [0.05, 0.1) is 5.69 Å². The van der Waals surface area contributed by atoms with Crippen LogP contribution in [0, 0.1) is 23.7 Å². The molecule has 4 atom stereocenters. The zero-order valence-electron chi connectivity index (χ0n) is 10.8. The van der Waals surface area contributed by atoms with Crippen LogP contribution in [0.2, 0.25) is 0 Å². The van der Waals surface area contributed by atoms with E-state index in [0.717, 1.165) is 6.42 Å². The molecular formula is C16H14N2O2. The minimum absolute atomic E-state index is 0.0518. The van der Waals surface area contributed by atoms with Crippen molar-refractivity contribution >= 4 is 11.5 Å². The van der Waals surface area contributed by atoms with Crippen LogP contribution >= 0.6 is 0 Å². The number of hydrogen-bond acceptors (Lipinski definition) is 4. The minimum Gasteiger partial charge on any atom is -0.510 e. The molecule has 0 aromatic heterocycles. The lowest BCUT2D eigenvalue weighted by atomic mass is 9.84. The van der Waals surface area contributed by atoms with Gasteiger partial charge < -0.3 is 5.11 Å². The van der Waals surface area contributed by atoms with E-state index >= 15 is 0 Å². The van der Waals surface area contributed by atoms with Gasteiger partial charge in [-0.1, -0.05) is 30.4 Å². The fourth-order valence-electron chi connectivity index (χ4n) is 3.70. The standard InChI is InChI=1S/C16H14N2O2/c19-15-12-9-6-7-10(8-9)13(12)16(20)14(15)18-17-11-4-2-1-3-5-11/h1-7,9-10,12-13,19H,8H2/t9-,10+,12-,13+/m1/s1. The lowest BCUT2D eigenvalue weighted by Gasteiger charge is -2.18. The molecule has 4 rings (SSSR count). The Labute approximate surface area is 116 Å². The van der Waals surface area contributed by atoms with E-state index in [2.05, 4.69) is 22.4 Å². The maximum absolute atomic E-state index is 12.4. The van der Waals surface area contributed by atoms with Gasteiger partial charge in [-0.3, -0.25) is 4.79 Å². The number of Topliss-reactive ketones (excluding diaryl/α,β-unsaturated/α-hetero) is 1. The van der Waals surface area contributed by atoms with Crippen molar-refractivity contribution < 1.29 is 9.90 Å². The molecule has 0 amide bonds. The van der Waals surface area contributed by atoms with Gasteiger partial charge in [0.2, 0.25) is 0 Å². The average Bonchev–Trinajstić information content (AvgIpc) is 3.13. The lowest BCUT2D eigenvalue weighted by Crippen LogP contribution is -2.22. The van der Waals surface area contributed by atoms with Gasteiger partial charge in [-0.15, -0.1) is 5.11 Å². The third-order valence-corrected chi connectivity index (χ3v) is 4.58. The molecule has 0 radical (unpaired) electrons. The Morgan fingerprint density at radius 1 is 1.00 bits per heavy atom. The van der Waals surface area contributed by atoms with Gasteiger partial charge in [0.1, 0.15) is 5.76 Å². The monoisotopic (exact) mass is 266 g/mol. The second-order valence-corrected chi connectivity index (χ2v) is 5.63. The van der Waals surface area contributed by atoms with Crippen LogP contribution in [-0.4, -0.2) is 10.9 Å². The van der Waals surface area contributed by atoms with Crippen molar-refractivity contribution in [1.82, 2.24) is 0 Å². The van der Waals surface area contributed by atoms with Crippen LogP contribution in [-0.2, 0) is 4.79 Å². The summed E-state index contributed by atoms with van der Waals surface area (Å²) in [6, 6.07) is 9.24. The van der Waals surface area contributed by atoms with Crippen molar-refractivity contribution in [3.8, 4) is 0 Å². The highest BCUT2D eigenvalue weighted by molar-refractivity contribution is 6.01. The van der Waals surface area contributed by atoms with Gasteiger partial charge in [0, 0.05) is 11.8 Å². The highest BCUT2D eigenvalue weighted by Crippen LogP contribution is 2.55. The lowest BCUT2D eigenvalue weighted by molar-refractivity contribution is -0.119. The summed E-state index contributed by atoms with van der Waals surface area (Å²) < 4.78 is 0. The summed E-state index contributed by atoms with van der Waals surface area (Å²) in [6.07, 6.45) is 5.20. The highest BCUT2D eigenvalue weighted by atomic mass is 16.3. The van der Waals surface area contributed by atoms with E-state index in [1.165, 1.54) is 0 Å². The predicted octanol–water partition coefficient (Wildman–Crippen LogP) is 3.56. The molecule has 1 N–H and O–H groups in total. The Hall–Kier alpha value is -2.23. The summed E-state index contributed by atoms with van der Waals surface area (Å²) in [4.78, 5) is 12.4. The number of benzene rings is 1. The van der Waals surface area contributed by atoms with Crippen LogP contribution in [0.5, 0.6) is 0 Å². The summed E-state index contributed by atoms with van der Waals surface area (Å²) in [7, 11) is 0. The van der Waals surface area contributed by atoms with Gasteiger partial charge in [-0.05, 0) is 30.4 Å². The van der Waals surface area contributed by atoms with E-state index in [4.69, 9.17) is 0 Å². The predicted molar refractivity (Wildman–Crippen MR) is 73.3 cm³/mol. The molecule has 4 nitrogen and oxygen atoms in total. The average molecular weight is 266 g/mol. The first-order valence-corrected chi connectivity index (χ1v) is 6.88. The molecular weight excluding hydrogens is 252 g/mol. The Kier molecular flexibility index (Phi) is 2.39. The Balaban J connectivity index is 1.66. The van der Waals surface area contributed by atoms with E-state index in [9.17, 15) is 9.90 Å². The van der Waals surface area contributed by atoms with Crippen molar-refractivity contribution in [2.75, 3.05) is 0 Å². The highest BCUT2D eigenvalue weighted by Gasteiger charge is 2.55. The summed E-state index contributed by atoms with van der Waals surface area (Å²) in [5.74, 6) is 0.458. The molecule has 3 aliphatic rings. The quantitative estimate of drug-likeness (QED) is 0.657. The van der Waals surface area contributed by atoms with Crippen LogP contribution in [0.25, 0.3) is 0 Å². The SMILES string of the molecule is O=C1C(N=Nc2ccccc2)=C(O)[C@H]2[C@@H]1[C@H]1C=C[C@@H]2C1. The largest absolute Gasteiger partial charge is 0.510 e. The summed E-state index contributed by atoms with van der Waals surface area (Å²) >= 11 is 0. The van der Waals surface area contributed by atoms with Crippen LogP contribution in [0.15, 0.2) is 64.2 Å². The number of allylic oxidation sites excluding steroid dienone is 4. The first-order valence-electron chi connectivity index (χ1n) is 6.88. The molecule has 3 aliphatic carbocycles. The zero-order valence-corrected chi connectivity index (χ0v) is 10.8. The molecule has 0 spiro atoms. The van der Waals surface area contributed by atoms with Gasteiger partial charge in [-0.25, -0.2) is 0 Å². The van der Waals surface area contributed by atoms with Gasteiger partial charge in [0.25, 0.3) is 0 Å². The number of rotatable bonds is 2. The molecule has 0 unspecified atom stereocenters. The van der Waals surface area contributed by atoms with E-state index in [1.54, 1.807) is 0 Å². The summed E-state index contributed by atoms with van der Waals surface area (Å²) in [5.41, 5.74) is 0.834. The topological polar surface area (TPSA) is 62.0 Å². The molecule has 0 saturated heterocycles. The third kappa shape index (κ3) is 1.51. The summed E-state index contributed by atoms with van der Waals surface area (Å²) in [5, 5.41) is 18.4. The van der Waals surface area contributed by atoms with E-state index in [0.29, 0.717) is 11.6 Å². The maximum atomic E-state index is 12.4. The smallest absolute Gasteiger partial charge is 0.190 e. The number of carbonyl (C=O) groups is 1. The van der Waals surface area contributed by atoms with Crippen LogP contribution in [0.3, 0.4) is 0 Å². The number of ketones is 1. The Morgan fingerprint density at radius 3 is 2.40 bits per heavy atom. The van der Waals surface area contributed by atoms with Gasteiger partial charge in [0.15, 0.2) is 11.5 Å². The first kappa shape index (κ1) is 11.6. The molecule has 1 aromatic rings. The molecule has 1 aromatic carbocycles. The van der Waals surface area contributed by atoms with E-state index in [-0.39, 0.29) is 35.0 Å². The second-order valence-electron chi connectivity index (χ2n) is 5.63. The minimum atomic E-state index is -0.116. The number of azo groups is 1. The molecule has 0 aliphatic heterocycles. The van der Waals surface area contributed by atoms with Crippen molar-refractivity contribution in [1.29, 1.82) is 0 Å².